The van der Waals surface area contributed by atoms with E-state index in [0.29, 0.717) is 13.0 Å². The molecule has 1 aromatic carbocycles. The van der Waals surface area contributed by atoms with E-state index in [-0.39, 0.29) is 11.8 Å². The van der Waals surface area contributed by atoms with E-state index >= 15 is 0 Å². The van der Waals surface area contributed by atoms with E-state index in [4.69, 9.17) is 10.5 Å². The summed E-state index contributed by atoms with van der Waals surface area (Å²) in [6.07, 6.45) is 1.43. The zero-order chi connectivity index (χ0) is 14.0. The minimum Gasteiger partial charge on any atom is -0.398 e. The maximum Gasteiger partial charge on any atom is 0.227 e. The van der Waals surface area contributed by atoms with Crippen molar-refractivity contribution in [1.29, 1.82) is 0 Å². The number of carbonyl (C=O) groups is 1. The Balaban J connectivity index is 2.13. The fraction of sp³-hybridized carbons (Fsp3) is 0.533. The molecule has 0 radical (unpaired) electrons. The molecule has 19 heavy (non-hydrogen) atoms. The van der Waals surface area contributed by atoms with Crippen molar-refractivity contribution in [3.05, 3.63) is 23.3 Å². The molecule has 1 aliphatic heterocycles. The highest BCUT2D eigenvalue weighted by atomic mass is 16.5. The highest BCUT2D eigenvalue weighted by Gasteiger charge is 2.26. The number of nitrogens with zero attached hydrogens (tertiary/aromatic N) is 1. The zero-order valence-electron chi connectivity index (χ0n) is 11.9. The smallest absolute Gasteiger partial charge is 0.227 e. The topological polar surface area (TPSA) is 55.6 Å². The Morgan fingerprint density at radius 1 is 1.53 bits per heavy atom. The molecule has 0 bridgehead atoms. The van der Waals surface area contributed by atoms with Crippen LogP contribution in [0.4, 0.5) is 11.4 Å². The van der Waals surface area contributed by atoms with Gasteiger partial charge in [-0.3, -0.25) is 4.79 Å². The molecule has 2 rings (SSSR count). The molecule has 4 heteroatoms. The predicted octanol–water partition coefficient (Wildman–Crippen LogP) is 2.14. The fourth-order valence-electron chi connectivity index (χ4n) is 2.59. The highest BCUT2D eigenvalue weighted by Crippen LogP contribution is 2.32. The van der Waals surface area contributed by atoms with Gasteiger partial charge in [-0.15, -0.1) is 0 Å². The van der Waals surface area contributed by atoms with E-state index in [2.05, 4.69) is 6.07 Å². The van der Waals surface area contributed by atoms with Gasteiger partial charge in [0.2, 0.25) is 5.91 Å². The molecule has 104 valence electrons. The van der Waals surface area contributed by atoms with Crippen LogP contribution in [0, 0.1) is 12.8 Å². The van der Waals surface area contributed by atoms with Crippen molar-refractivity contribution in [3.8, 4) is 0 Å². The number of nitrogen functional groups attached to an aromatic ring is 1. The van der Waals surface area contributed by atoms with Crippen molar-refractivity contribution in [2.24, 2.45) is 5.92 Å². The molecule has 1 aromatic rings. The molecule has 0 spiro atoms. The van der Waals surface area contributed by atoms with Gasteiger partial charge in [0.25, 0.3) is 0 Å². The number of hydrogen-bond acceptors (Lipinski definition) is 3. The first-order chi connectivity index (χ1) is 9.02. The summed E-state index contributed by atoms with van der Waals surface area (Å²) in [7, 11) is 1.66. The van der Waals surface area contributed by atoms with Crippen molar-refractivity contribution >= 4 is 17.3 Å². The lowest BCUT2D eigenvalue weighted by molar-refractivity contribution is -0.119. The molecule has 4 nitrogen and oxygen atoms in total. The first-order valence-electron chi connectivity index (χ1n) is 6.71. The van der Waals surface area contributed by atoms with Gasteiger partial charge in [0.05, 0.1) is 0 Å². The number of nitrogens with two attached hydrogens (primary N) is 1. The van der Waals surface area contributed by atoms with E-state index < -0.39 is 0 Å². The van der Waals surface area contributed by atoms with E-state index in [1.165, 1.54) is 5.56 Å². The average molecular weight is 262 g/mol. The van der Waals surface area contributed by atoms with Crippen molar-refractivity contribution in [2.45, 2.75) is 26.7 Å². The minimum atomic E-state index is 0.159. The molecule has 1 aliphatic rings. The van der Waals surface area contributed by atoms with Gasteiger partial charge in [-0.2, -0.15) is 0 Å². The maximum atomic E-state index is 12.3. The Hall–Kier alpha value is -1.55. The summed E-state index contributed by atoms with van der Waals surface area (Å²) in [4.78, 5) is 14.2. The first kappa shape index (κ1) is 13.9. The van der Waals surface area contributed by atoms with Crippen molar-refractivity contribution < 1.29 is 9.53 Å². The molecule has 0 saturated heterocycles. The zero-order valence-corrected chi connectivity index (χ0v) is 11.9. The number of rotatable bonds is 4. The van der Waals surface area contributed by atoms with Crippen molar-refractivity contribution in [2.75, 3.05) is 30.9 Å². The van der Waals surface area contributed by atoms with Crippen LogP contribution in [0.25, 0.3) is 0 Å². The van der Waals surface area contributed by atoms with Gasteiger partial charge < -0.3 is 15.4 Å². The number of ether oxygens (including phenoxy) is 1. The summed E-state index contributed by atoms with van der Waals surface area (Å²) >= 11 is 0. The van der Waals surface area contributed by atoms with Gasteiger partial charge in [-0.25, -0.2) is 0 Å². The molecule has 2 N–H and O–H groups in total. The number of anilines is 2. The maximum absolute atomic E-state index is 12.3. The molecular weight excluding hydrogens is 240 g/mol. The lowest BCUT2D eigenvalue weighted by Crippen LogP contribution is -2.30. The third-order valence-corrected chi connectivity index (χ3v) is 3.64. The van der Waals surface area contributed by atoms with Crippen LogP contribution in [-0.2, 0) is 16.0 Å². The largest absolute Gasteiger partial charge is 0.398 e. The third-order valence-electron chi connectivity index (χ3n) is 3.64. The first-order valence-corrected chi connectivity index (χ1v) is 6.71. The van der Waals surface area contributed by atoms with Crippen LogP contribution in [0.1, 0.15) is 24.5 Å². The molecule has 1 heterocycles. The lowest BCUT2D eigenvalue weighted by Gasteiger charge is -2.20. The molecule has 0 saturated carbocycles. The fourth-order valence-corrected chi connectivity index (χ4v) is 2.59. The Morgan fingerprint density at radius 2 is 2.26 bits per heavy atom. The van der Waals surface area contributed by atoms with Crippen LogP contribution in [0.15, 0.2) is 12.1 Å². The summed E-state index contributed by atoms with van der Waals surface area (Å²) in [5.74, 6) is 0.399. The van der Waals surface area contributed by atoms with E-state index in [1.807, 2.05) is 24.8 Å². The molecular formula is C15H22N2O2. The second-order valence-corrected chi connectivity index (χ2v) is 5.40. The highest BCUT2D eigenvalue weighted by molar-refractivity contribution is 5.96. The van der Waals surface area contributed by atoms with Crippen LogP contribution < -0.4 is 10.6 Å². The standard InChI is InChI=1S/C15H22N2O2/c1-10(9-19-3)6-15(18)17-5-4-12-7-11(2)13(16)8-14(12)17/h7-8,10H,4-6,9,16H2,1-3H3. The molecule has 0 aliphatic carbocycles. The van der Waals surface area contributed by atoms with Crippen LogP contribution >= 0.6 is 0 Å². The van der Waals surface area contributed by atoms with Gasteiger partial charge >= 0.3 is 0 Å². The summed E-state index contributed by atoms with van der Waals surface area (Å²) in [5, 5.41) is 0. The average Bonchev–Trinajstić information content (AvgIpc) is 2.73. The van der Waals surface area contributed by atoms with Gasteiger partial charge in [-0.05, 0) is 36.5 Å². The number of carbonyl (C=O) groups excluding carboxylic acids is 1. The quantitative estimate of drug-likeness (QED) is 0.846. The van der Waals surface area contributed by atoms with E-state index in [9.17, 15) is 4.79 Å². The predicted molar refractivity (Wildman–Crippen MR) is 77.3 cm³/mol. The molecule has 1 amide bonds. The number of methoxy groups -OCH3 is 1. The molecule has 1 unspecified atom stereocenters. The minimum absolute atomic E-state index is 0.159. The number of hydrogen-bond donors (Lipinski definition) is 1. The van der Waals surface area contributed by atoms with Crippen LogP contribution in [0.5, 0.6) is 0 Å². The van der Waals surface area contributed by atoms with Crippen LogP contribution in [0.3, 0.4) is 0 Å². The monoisotopic (exact) mass is 262 g/mol. The molecule has 1 atom stereocenters. The summed E-state index contributed by atoms with van der Waals surface area (Å²) in [6, 6.07) is 4.02. The summed E-state index contributed by atoms with van der Waals surface area (Å²) in [5.41, 5.74) is 9.99. The lowest BCUT2D eigenvalue weighted by atomic mass is 10.1. The Kier molecular flexibility index (Phi) is 4.10. The second kappa shape index (κ2) is 5.61. The second-order valence-electron chi connectivity index (χ2n) is 5.40. The summed E-state index contributed by atoms with van der Waals surface area (Å²) < 4.78 is 5.08. The SMILES string of the molecule is COCC(C)CC(=O)N1CCc2cc(C)c(N)cc21. The van der Waals surface area contributed by atoms with Crippen molar-refractivity contribution in [1.82, 2.24) is 0 Å². The summed E-state index contributed by atoms with van der Waals surface area (Å²) in [6.45, 7) is 5.40. The van der Waals surface area contributed by atoms with Crippen LogP contribution in [-0.4, -0.2) is 26.2 Å². The number of benzene rings is 1. The van der Waals surface area contributed by atoms with E-state index in [0.717, 1.165) is 29.9 Å². The number of aryl methyl sites for hydroxylation is 1. The number of fused-ring (bicyclic) bond motifs is 1. The molecule has 0 fully saturated rings. The van der Waals surface area contributed by atoms with E-state index in [1.54, 1.807) is 7.11 Å². The van der Waals surface area contributed by atoms with Gasteiger partial charge in [0, 0.05) is 38.1 Å². The Labute approximate surface area is 114 Å². The van der Waals surface area contributed by atoms with Gasteiger partial charge in [0.15, 0.2) is 0 Å². The van der Waals surface area contributed by atoms with Crippen LogP contribution in [0.2, 0.25) is 0 Å². The van der Waals surface area contributed by atoms with Crippen molar-refractivity contribution in [3.63, 3.8) is 0 Å². The Morgan fingerprint density at radius 3 is 2.95 bits per heavy atom. The number of amides is 1. The molecule has 0 aromatic heterocycles. The van der Waals surface area contributed by atoms with Gasteiger partial charge in [-0.1, -0.05) is 13.0 Å². The Bertz CT molecular complexity index is 485. The normalized spacial score (nSPS) is 15.4. The third kappa shape index (κ3) is 2.89. The van der Waals surface area contributed by atoms with Gasteiger partial charge in [0.1, 0.15) is 0 Å².